The van der Waals surface area contributed by atoms with Crippen LogP contribution in [0.25, 0.3) is 5.76 Å². The number of nitrogens with zero attached hydrogens (tertiary/aromatic N) is 1. The number of anilines is 3. The Kier molecular flexibility index (Phi) is 6.46. The van der Waals surface area contributed by atoms with Gasteiger partial charge in [0.2, 0.25) is 0 Å². The minimum absolute atomic E-state index is 0.119. The van der Waals surface area contributed by atoms with Crippen LogP contribution in [0.3, 0.4) is 0 Å². The number of aliphatic hydroxyl groups is 1. The van der Waals surface area contributed by atoms with Gasteiger partial charge in [-0.25, -0.2) is 0 Å². The van der Waals surface area contributed by atoms with E-state index in [1.165, 1.54) is 18.3 Å². The standard InChI is InChI=1S/C29H23ClN2O5/c1-17-15-21(28(36-2)22(30)16-17)26(33)24-25(23-9-6-14-37-23)32(29(35)27(24)34)20-12-10-19(11-13-20)31-18-7-4-3-5-8-18/h3-16,25,31,33H,1-2H3/b26-24-. The van der Waals surface area contributed by atoms with Gasteiger partial charge < -0.3 is 19.6 Å². The monoisotopic (exact) mass is 514 g/mol. The van der Waals surface area contributed by atoms with Gasteiger partial charge in [-0.05, 0) is 73.2 Å². The summed E-state index contributed by atoms with van der Waals surface area (Å²) in [6.45, 7) is 1.80. The van der Waals surface area contributed by atoms with E-state index < -0.39 is 23.5 Å². The van der Waals surface area contributed by atoms with Crippen LogP contribution in [0.5, 0.6) is 5.75 Å². The van der Waals surface area contributed by atoms with Crippen molar-refractivity contribution in [3.63, 3.8) is 0 Å². The number of ether oxygens (including phenoxy) is 1. The van der Waals surface area contributed by atoms with Gasteiger partial charge >= 0.3 is 0 Å². The second kappa shape index (κ2) is 9.87. The second-order valence-electron chi connectivity index (χ2n) is 8.55. The average molecular weight is 515 g/mol. The van der Waals surface area contributed by atoms with E-state index in [0.29, 0.717) is 11.4 Å². The van der Waals surface area contributed by atoms with Gasteiger partial charge in [0.25, 0.3) is 11.7 Å². The molecule has 3 aromatic carbocycles. The van der Waals surface area contributed by atoms with Crippen LogP contribution in [0.2, 0.25) is 5.02 Å². The van der Waals surface area contributed by atoms with Gasteiger partial charge in [-0.3, -0.25) is 14.5 Å². The molecule has 1 aliphatic rings. The van der Waals surface area contributed by atoms with Crippen LogP contribution in [0.1, 0.15) is 22.9 Å². The molecule has 8 heteroatoms. The molecule has 0 aliphatic carbocycles. The summed E-state index contributed by atoms with van der Waals surface area (Å²) >= 11 is 6.34. The normalized spacial score (nSPS) is 16.7. The Labute approximate surface area is 218 Å². The van der Waals surface area contributed by atoms with Gasteiger partial charge in [0.1, 0.15) is 23.3 Å². The Morgan fingerprint density at radius 2 is 1.70 bits per heavy atom. The topological polar surface area (TPSA) is 92.0 Å². The molecule has 0 radical (unpaired) electrons. The lowest BCUT2D eigenvalue weighted by Crippen LogP contribution is -2.29. The summed E-state index contributed by atoms with van der Waals surface area (Å²) in [6, 6.07) is 22.4. The van der Waals surface area contributed by atoms with Gasteiger partial charge in [-0.1, -0.05) is 29.8 Å². The Morgan fingerprint density at radius 1 is 1.00 bits per heavy atom. The van der Waals surface area contributed by atoms with Crippen molar-refractivity contribution < 1.29 is 23.8 Å². The predicted molar refractivity (Wildman–Crippen MR) is 142 cm³/mol. The Balaban J connectivity index is 1.60. The maximum Gasteiger partial charge on any atom is 0.300 e. The van der Waals surface area contributed by atoms with Gasteiger partial charge in [0.15, 0.2) is 0 Å². The van der Waals surface area contributed by atoms with Gasteiger partial charge in [0.05, 0.1) is 29.5 Å². The Hall–Kier alpha value is -4.49. The maximum atomic E-state index is 13.4. The molecule has 1 aromatic heterocycles. The summed E-state index contributed by atoms with van der Waals surface area (Å²) in [5.41, 5.74) is 3.03. The molecule has 2 N–H and O–H groups in total. The Morgan fingerprint density at radius 3 is 2.35 bits per heavy atom. The molecule has 0 saturated carbocycles. The molecule has 0 bridgehead atoms. The summed E-state index contributed by atoms with van der Waals surface area (Å²) in [4.78, 5) is 28.0. The van der Waals surface area contributed by atoms with Crippen LogP contribution in [-0.4, -0.2) is 23.9 Å². The number of hydrogen-bond donors (Lipinski definition) is 2. The SMILES string of the molecule is COc1c(Cl)cc(C)cc1/C(O)=C1/C(=O)C(=O)N(c2ccc(Nc3ccccc3)cc2)C1c1ccco1. The van der Waals surface area contributed by atoms with Crippen LogP contribution in [0.15, 0.2) is 95.1 Å². The van der Waals surface area contributed by atoms with Crippen LogP contribution in [-0.2, 0) is 9.59 Å². The highest BCUT2D eigenvalue weighted by Gasteiger charge is 2.48. The number of hydrogen-bond acceptors (Lipinski definition) is 6. The summed E-state index contributed by atoms with van der Waals surface area (Å²) in [5.74, 6) is -1.50. The van der Waals surface area contributed by atoms with Crippen molar-refractivity contribution in [1.82, 2.24) is 0 Å². The molecular formula is C29H23ClN2O5. The molecule has 2 heterocycles. The molecule has 7 nitrogen and oxygen atoms in total. The number of methoxy groups -OCH3 is 1. The fourth-order valence-electron chi connectivity index (χ4n) is 4.47. The van der Waals surface area contributed by atoms with E-state index in [4.69, 9.17) is 20.8 Å². The van der Waals surface area contributed by atoms with E-state index in [-0.39, 0.29) is 21.9 Å². The predicted octanol–water partition coefficient (Wildman–Crippen LogP) is 6.62. The lowest BCUT2D eigenvalue weighted by molar-refractivity contribution is -0.132. The third-order valence-electron chi connectivity index (χ3n) is 6.11. The molecule has 1 fully saturated rings. The third-order valence-corrected chi connectivity index (χ3v) is 6.39. The number of aryl methyl sites for hydroxylation is 1. The number of ketones is 1. The highest BCUT2D eigenvalue weighted by molar-refractivity contribution is 6.51. The number of para-hydroxylation sites is 1. The molecule has 186 valence electrons. The highest BCUT2D eigenvalue weighted by Crippen LogP contribution is 2.44. The van der Waals surface area contributed by atoms with E-state index in [1.54, 1.807) is 43.3 Å². The van der Waals surface area contributed by atoms with Crippen molar-refractivity contribution in [2.75, 3.05) is 17.3 Å². The quantitative estimate of drug-likeness (QED) is 0.171. The van der Waals surface area contributed by atoms with Crippen LogP contribution in [0, 0.1) is 6.92 Å². The first-order valence-corrected chi connectivity index (χ1v) is 11.9. The molecule has 5 rings (SSSR count). The van der Waals surface area contributed by atoms with Crippen LogP contribution < -0.4 is 15.0 Å². The maximum absolute atomic E-state index is 13.4. The summed E-state index contributed by atoms with van der Waals surface area (Å²) in [6.07, 6.45) is 1.45. The number of aliphatic hydroxyl groups excluding tert-OH is 1. The largest absolute Gasteiger partial charge is 0.507 e. The Bertz CT molecular complexity index is 1500. The lowest BCUT2D eigenvalue weighted by Gasteiger charge is -2.24. The number of benzene rings is 3. The number of furan rings is 1. The smallest absolute Gasteiger partial charge is 0.300 e. The zero-order chi connectivity index (χ0) is 26.1. The number of Topliss-reactive ketones (excluding diaryl/α,β-unsaturated/α-hetero) is 1. The van der Waals surface area contributed by atoms with Crippen LogP contribution in [0.4, 0.5) is 17.1 Å². The van der Waals surface area contributed by atoms with E-state index in [2.05, 4.69) is 5.32 Å². The van der Waals surface area contributed by atoms with Crippen molar-refractivity contribution in [2.45, 2.75) is 13.0 Å². The first kappa shape index (κ1) is 24.2. The van der Waals surface area contributed by atoms with Gasteiger partial charge in [-0.15, -0.1) is 0 Å². The minimum Gasteiger partial charge on any atom is -0.507 e. The zero-order valence-corrected chi connectivity index (χ0v) is 20.8. The average Bonchev–Trinajstić information content (AvgIpc) is 3.51. The van der Waals surface area contributed by atoms with Crippen molar-refractivity contribution in [3.05, 3.63) is 113 Å². The third kappa shape index (κ3) is 4.45. The molecule has 1 saturated heterocycles. The number of amides is 1. The van der Waals surface area contributed by atoms with E-state index >= 15 is 0 Å². The van der Waals surface area contributed by atoms with E-state index in [9.17, 15) is 14.7 Å². The summed E-state index contributed by atoms with van der Waals surface area (Å²) in [7, 11) is 1.42. The first-order chi connectivity index (χ1) is 17.9. The zero-order valence-electron chi connectivity index (χ0n) is 20.1. The summed E-state index contributed by atoms with van der Waals surface area (Å²) < 4.78 is 11.0. The summed E-state index contributed by atoms with van der Waals surface area (Å²) in [5, 5.41) is 15.0. The molecule has 1 aliphatic heterocycles. The van der Waals surface area contributed by atoms with Crippen molar-refractivity contribution in [2.24, 2.45) is 0 Å². The number of carbonyl (C=O) groups is 2. The molecule has 1 atom stereocenters. The van der Waals surface area contributed by atoms with Gasteiger partial charge in [-0.2, -0.15) is 0 Å². The number of rotatable bonds is 6. The van der Waals surface area contributed by atoms with E-state index in [1.807, 2.05) is 42.5 Å². The molecular weight excluding hydrogens is 492 g/mol. The molecule has 0 spiro atoms. The molecule has 1 amide bonds. The fraction of sp³-hybridized carbons (Fsp3) is 0.103. The molecule has 37 heavy (non-hydrogen) atoms. The molecule has 4 aromatic rings. The number of carbonyl (C=O) groups excluding carboxylic acids is 2. The van der Waals surface area contributed by atoms with E-state index in [0.717, 1.165) is 16.9 Å². The number of halogens is 1. The lowest BCUT2D eigenvalue weighted by atomic mass is 9.97. The number of nitrogens with one attached hydrogen (secondary N) is 1. The van der Waals surface area contributed by atoms with Crippen molar-refractivity contribution in [1.29, 1.82) is 0 Å². The van der Waals surface area contributed by atoms with Crippen molar-refractivity contribution in [3.8, 4) is 5.75 Å². The van der Waals surface area contributed by atoms with Crippen LogP contribution >= 0.6 is 11.6 Å². The minimum atomic E-state index is -0.994. The first-order valence-electron chi connectivity index (χ1n) is 11.5. The second-order valence-corrected chi connectivity index (χ2v) is 8.96. The molecule has 1 unspecified atom stereocenters. The highest BCUT2D eigenvalue weighted by atomic mass is 35.5. The fourth-order valence-corrected chi connectivity index (χ4v) is 4.82. The van der Waals surface area contributed by atoms with Gasteiger partial charge in [0, 0.05) is 17.1 Å². The van der Waals surface area contributed by atoms with Crippen molar-refractivity contribution >= 4 is 46.1 Å².